The van der Waals surface area contributed by atoms with Crippen LogP contribution in [0.25, 0.3) is 11.0 Å². The number of hydrogen-bond donors (Lipinski definition) is 2. The molecule has 5 heteroatoms. The van der Waals surface area contributed by atoms with Gasteiger partial charge in [-0.05, 0) is 24.6 Å². The molecule has 1 atom stereocenters. The standard InChI is InChI=1S/C13H16N4O/c1-9(18)15-11-5-7-17(8-11)12-3-2-10-4-6-14-13(10)16-12/h2-4,6,11H,5,7-8H2,1H3,(H,14,16)(H,15,18). The van der Waals surface area contributed by atoms with Crippen molar-refractivity contribution in [1.82, 2.24) is 15.3 Å². The fourth-order valence-corrected chi connectivity index (χ4v) is 2.47. The van der Waals surface area contributed by atoms with Crippen molar-refractivity contribution in [1.29, 1.82) is 0 Å². The van der Waals surface area contributed by atoms with Crippen molar-refractivity contribution in [2.24, 2.45) is 0 Å². The summed E-state index contributed by atoms with van der Waals surface area (Å²) < 4.78 is 0. The second kappa shape index (κ2) is 4.33. The normalized spacial score (nSPS) is 19.4. The van der Waals surface area contributed by atoms with Crippen molar-refractivity contribution >= 4 is 22.8 Å². The van der Waals surface area contributed by atoms with Crippen molar-refractivity contribution in [2.75, 3.05) is 18.0 Å². The minimum atomic E-state index is 0.0367. The highest BCUT2D eigenvalue weighted by Gasteiger charge is 2.23. The molecule has 94 valence electrons. The Morgan fingerprint density at radius 1 is 1.50 bits per heavy atom. The van der Waals surface area contributed by atoms with E-state index in [-0.39, 0.29) is 11.9 Å². The first-order valence-electron chi connectivity index (χ1n) is 6.18. The van der Waals surface area contributed by atoms with Gasteiger partial charge in [0.05, 0.1) is 0 Å². The zero-order valence-corrected chi connectivity index (χ0v) is 10.3. The minimum absolute atomic E-state index is 0.0367. The molecule has 3 rings (SSSR count). The molecule has 0 aromatic carbocycles. The quantitative estimate of drug-likeness (QED) is 0.836. The van der Waals surface area contributed by atoms with Crippen LogP contribution in [0.5, 0.6) is 0 Å². The fourth-order valence-electron chi connectivity index (χ4n) is 2.47. The smallest absolute Gasteiger partial charge is 0.217 e. The third-order valence-corrected chi connectivity index (χ3v) is 3.31. The van der Waals surface area contributed by atoms with Crippen LogP contribution in [0.3, 0.4) is 0 Å². The molecule has 5 nitrogen and oxygen atoms in total. The fraction of sp³-hybridized carbons (Fsp3) is 0.385. The summed E-state index contributed by atoms with van der Waals surface area (Å²) in [6.45, 7) is 3.33. The molecule has 18 heavy (non-hydrogen) atoms. The van der Waals surface area contributed by atoms with E-state index < -0.39 is 0 Å². The highest BCUT2D eigenvalue weighted by Crippen LogP contribution is 2.21. The number of carbonyl (C=O) groups excluding carboxylic acids is 1. The lowest BCUT2D eigenvalue weighted by Gasteiger charge is -2.17. The number of aromatic nitrogens is 2. The van der Waals surface area contributed by atoms with E-state index in [4.69, 9.17) is 0 Å². The lowest BCUT2D eigenvalue weighted by atomic mass is 10.2. The molecule has 2 aromatic heterocycles. The molecule has 1 aliphatic heterocycles. The zero-order chi connectivity index (χ0) is 12.5. The molecule has 2 N–H and O–H groups in total. The van der Waals surface area contributed by atoms with Gasteiger partial charge in [-0.1, -0.05) is 0 Å². The van der Waals surface area contributed by atoms with Gasteiger partial charge in [0.2, 0.25) is 5.91 Å². The van der Waals surface area contributed by atoms with Gasteiger partial charge in [-0.3, -0.25) is 4.79 Å². The van der Waals surface area contributed by atoms with Crippen molar-refractivity contribution in [2.45, 2.75) is 19.4 Å². The maximum absolute atomic E-state index is 11.0. The molecule has 0 aliphatic carbocycles. The Kier molecular flexibility index (Phi) is 2.66. The van der Waals surface area contributed by atoms with Gasteiger partial charge in [0.25, 0.3) is 0 Å². The number of nitrogens with zero attached hydrogens (tertiary/aromatic N) is 2. The second-order valence-corrected chi connectivity index (χ2v) is 4.72. The molecule has 0 spiro atoms. The first-order chi connectivity index (χ1) is 8.72. The Morgan fingerprint density at radius 3 is 3.22 bits per heavy atom. The number of rotatable bonds is 2. The van der Waals surface area contributed by atoms with E-state index in [0.717, 1.165) is 36.4 Å². The second-order valence-electron chi connectivity index (χ2n) is 4.72. The third kappa shape index (κ3) is 2.03. The molecule has 3 heterocycles. The van der Waals surface area contributed by atoms with Crippen LogP contribution in [0.1, 0.15) is 13.3 Å². The van der Waals surface area contributed by atoms with Crippen LogP contribution in [0.2, 0.25) is 0 Å². The van der Waals surface area contributed by atoms with E-state index >= 15 is 0 Å². The predicted octanol–water partition coefficient (Wildman–Crippen LogP) is 1.28. The summed E-state index contributed by atoms with van der Waals surface area (Å²) in [7, 11) is 0. The predicted molar refractivity (Wildman–Crippen MR) is 70.5 cm³/mol. The molecule has 1 aliphatic rings. The first kappa shape index (κ1) is 11.1. The summed E-state index contributed by atoms with van der Waals surface area (Å²) >= 11 is 0. The number of nitrogens with one attached hydrogen (secondary N) is 2. The summed E-state index contributed by atoms with van der Waals surface area (Å²) in [5.74, 6) is 1.01. The van der Waals surface area contributed by atoms with Crippen LogP contribution < -0.4 is 10.2 Å². The van der Waals surface area contributed by atoms with Gasteiger partial charge < -0.3 is 15.2 Å². The Balaban J connectivity index is 1.77. The number of pyridine rings is 1. The molecule has 0 radical (unpaired) electrons. The summed E-state index contributed by atoms with van der Waals surface area (Å²) in [5, 5.41) is 4.08. The Labute approximate surface area is 105 Å². The number of amides is 1. The van der Waals surface area contributed by atoms with Gasteiger partial charge in [0, 0.05) is 37.6 Å². The first-order valence-corrected chi connectivity index (χ1v) is 6.18. The average molecular weight is 244 g/mol. The van der Waals surface area contributed by atoms with E-state index in [1.165, 1.54) is 0 Å². The number of fused-ring (bicyclic) bond motifs is 1. The maximum Gasteiger partial charge on any atom is 0.217 e. The van der Waals surface area contributed by atoms with Crippen LogP contribution in [0.15, 0.2) is 24.4 Å². The largest absolute Gasteiger partial charge is 0.354 e. The van der Waals surface area contributed by atoms with Gasteiger partial charge in [0.15, 0.2) is 0 Å². The van der Waals surface area contributed by atoms with Gasteiger partial charge in [-0.15, -0.1) is 0 Å². The number of hydrogen-bond acceptors (Lipinski definition) is 3. The molecule has 0 saturated carbocycles. The molecule has 0 bridgehead atoms. The van der Waals surface area contributed by atoms with Crippen molar-refractivity contribution in [3.05, 3.63) is 24.4 Å². The van der Waals surface area contributed by atoms with Crippen LogP contribution >= 0.6 is 0 Å². The maximum atomic E-state index is 11.0. The lowest BCUT2D eigenvalue weighted by molar-refractivity contribution is -0.119. The summed E-state index contributed by atoms with van der Waals surface area (Å²) in [6.07, 6.45) is 2.87. The molecule has 1 unspecified atom stereocenters. The summed E-state index contributed by atoms with van der Waals surface area (Å²) in [4.78, 5) is 20.9. The van der Waals surface area contributed by atoms with E-state index in [0.29, 0.717) is 0 Å². The summed E-state index contributed by atoms with van der Waals surface area (Å²) in [5.41, 5.74) is 0.912. The van der Waals surface area contributed by atoms with Gasteiger partial charge >= 0.3 is 0 Å². The molecule has 2 aromatic rings. The van der Waals surface area contributed by atoms with Crippen LogP contribution in [-0.4, -0.2) is 35.0 Å². The van der Waals surface area contributed by atoms with Crippen LogP contribution in [0.4, 0.5) is 5.82 Å². The topological polar surface area (TPSA) is 61.0 Å². The Bertz CT molecular complexity index is 577. The Hall–Kier alpha value is -2.04. The van der Waals surface area contributed by atoms with E-state index in [9.17, 15) is 4.79 Å². The van der Waals surface area contributed by atoms with Crippen molar-refractivity contribution < 1.29 is 4.79 Å². The highest BCUT2D eigenvalue weighted by molar-refractivity contribution is 5.77. The molecule has 1 amide bonds. The third-order valence-electron chi connectivity index (χ3n) is 3.31. The molecular weight excluding hydrogens is 228 g/mol. The summed E-state index contributed by atoms with van der Waals surface area (Å²) in [6, 6.07) is 6.35. The monoisotopic (exact) mass is 244 g/mol. The highest BCUT2D eigenvalue weighted by atomic mass is 16.1. The van der Waals surface area contributed by atoms with Gasteiger partial charge in [-0.2, -0.15) is 0 Å². The van der Waals surface area contributed by atoms with Crippen molar-refractivity contribution in [3.63, 3.8) is 0 Å². The zero-order valence-electron chi connectivity index (χ0n) is 10.3. The minimum Gasteiger partial charge on any atom is -0.354 e. The van der Waals surface area contributed by atoms with Crippen LogP contribution in [-0.2, 0) is 4.79 Å². The lowest BCUT2D eigenvalue weighted by Crippen LogP contribution is -2.35. The van der Waals surface area contributed by atoms with Gasteiger partial charge in [0.1, 0.15) is 11.5 Å². The molecule has 1 saturated heterocycles. The number of carbonyl (C=O) groups is 1. The Morgan fingerprint density at radius 2 is 2.39 bits per heavy atom. The number of anilines is 1. The SMILES string of the molecule is CC(=O)NC1CCN(c2ccc3cc[nH]c3n2)C1. The molecule has 1 fully saturated rings. The molecular formula is C13H16N4O. The van der Waals surface area contributed by atoms with Crippen LogP contribution in [0, 0.1) is 0 Å². The van der Waals surface area contributed by atoms with Gasteiger partial charge in [-0.25, -0.2) is 4.98 Å². The van der Waals surface area contributed by atoms with E-state index in [1.54, 1.807) is 6.92 Å². The van der Waals surface area contributed by atoms with E-state index in [1.807, 2.05) is 18.3 Å². The van der Waals surface area contributed by atoms with E-state index in [2.05, 4.69) is 26.3 Å². The number of aromatic amines is 1. The average Bonchev–Trinajstić information content (AvgIpc) is 2.95. The number of H-pyrrole nitrogens is 1. The van der Waals surface area contributed by atoms with Crippen molar-refractivity contribution in [3.8, 4) is 0 Å².